The molecule has 0 rings (SSSR count). The lowest BCUT2D eigenvalue weighted by atomic mass is 10.0. The van der Waals surface area contributed by atoms with Crippen LogP contribution in [0.4, 0.5) is 0 Å². The highest BCUT2D eigenvalue weighted by Crippen LogP contribution is 2.11. The van der Waals surface area contributed by atoms with Gasteiger partial charge in [0.1, 0.15) is 0 Å². The Morgan fingerprint density at radius 3 is 2.06 bits per heavy atom. The molecule has 0 heterocycles. The minimum Gasteiger partial charge on any atom is -0.478 e. The number of rotatable bonds is 6. The number of allylic oxidation sites excluding steroid dienone is 2. The highest BCUT2D eigenvalue weighted by molar-refractivity contribution is 5.86. The zero-order valence-corrected chi connectivity index (χ0v) is 9.86. The first-order valence-electron chi connectivity index (χ1n) is 5.16. The van der Waals surface area contributed by atoms with Crippen molar-refractivity contribution in [2.24, 2.45) is 5.92 Å². The molecule has 90 valence electrons. The first-order chi connectivity index (χ1) is 7.34. The fourth-order valence-electron chi connectivity index (χ4n) is 1.23. The summed E-state index contributed by atoms with van der Waals surface area (Å²) in [5.41, 5.74) is 0.651. The molecule has 0 aliphatic rings. The molecule has 0 aromatic heterocycles. The van der Waals surface area contributed by atoms with Crippen LogP contribution in [0.1, 0.15) is 33.6 Å². The van der Waals surface area contributed by atoms with E-state index >= 15 is 0 Å². The molecule has 0 saturated heterocycles. The third-order valence-corrected chi connectivity index (χ3v) is 2.28. The van der Waals surface area contributed by atoms with Crippen molar-refractivity contribution in [2.75, 3.05) is 0 Å². The molecule has 4 nitrogen and oxygen atoms in total. The van der Waals surface area contributed by atoms with Gasteiger partial charge < -0.3 is 10.2 Å². The molecule has 0 radical (unpaired) electrons. The van der Waals surface area contributed by atoms with Crippen LogP contribution in [0.5, 0.6) is 0 Å². The molecular formula is C12H18O4. The van der Waals surface area contributed by atoms with Gasteiger partial charge in [-0.25, -0.2) is 9.59 Å². The minimum atomic E-state index is -0.913. The third-order valence-electron chi connectivity index (χ3n) is 2.28. The van der Waals surface area contributed by atoms with Crippen LogP contribution >= 0.6 is 0 Å². The molecule has 0 bridgehead atoms. The highest BCUT2D eigenvalue weighted by atomic mass is 16.4. The molecule has 1 unspecified atom stereocenters. The maximum Gasteiger partial charge on any atom is 0.330 e. The van der Waals surface area contributed by atoms with E-state index in [4.69, 9.17) is 10.2 Å². The minimum absolute atomic E-state index is 0.133. The molecule has 0 spiro atoms. The summed E-state index contributed by atoms with van der Waals surface area (Å²) in [5, 5.41) is 17.3. The quantitative estimate of drug-likeness (QED) is 0.682. The number of carbonyl (C=O) groups is 2. The van der Waals surface area contributed by atoms with Crippen molar-refractivity contribution in [1.82, 2.24) is 0 Å². The van der Waals surface area contributed by atoms with Crippen LogP contribution in [0, 0.1) is 5.92 Å². The van der Waals surface area contributed by atoms with E-state index in [-0.39, 0.29) is 5.92 Å². The van der Waals surface area contributed by atoms with E-state index in [9.17, 15) is 9.59 Å². The van der Waals surface area contributed by atoms with Crippen LogP contribution in [0.2, 0.25) is 0 Å². The van der Waals surface area contributed by atoms with Crippen molar-refractivity contribution < 1.29 is 19.8 Å². The molecule has 4 heteroatoms. The van der Waals surface area contributed by atoms with Crippen LogP contribution in [-0.2, 0) is 9.59 Å². The molecule has 0 aliphatic heterocycles. The van der Waals surface area contributed by atoms with E-state index in [1.807, 2.05) is 6.92 Å². The number of hydrogen-bond acceptors (Lipinski definition) is 2. The topological polar surface area (TPSA) is 74.6 Å². The van der Waals surface area contributed by atoms with Crippen molar-refractivity contribution in [1.29, 1.82) is 0 Å². The van der Waals surface area contributed by atoms with E-state index in [1.54, 1.807) is 26.0 Å². The van der Waals surface area contributed by atoms with E-state index in [1.165, 1.54) is 0 Å². The first kappa shape index (κ1) is 14.4. The van der Waals surface area contributed by atoms with Crippen molar-refractivity contribution in [3.8, 4) is 0 Å². The Morgan fingerprint density at radius 2 is 1.62 bits per heavy atom. The van der Waals surface area contributed by atoms with Crippen LogP contribution in [0.3, 0.4) is 0 Å². The van der Waals surface area contributed by atoms with Gasteiger partial charge in [-0.15, -0.1) is 0 Å². The summed E-state index contributed by atoms with van der Waals surface area (Å²) in [6, 6.07) is 0. The summed E-state index contributed by atoms with van der Waals surface area (Å²) >= 11 is 0. The smallest absolute Gasteiger partial charge is 0.330 e. The van der Waals surface area contributed by atoms with Crippen LogP contribution < -0.4 is 0 Å². The number of carboxylic acid groups (broad SMARTS) is 2. The van der Waals surface area contributed by atoms with Crippen molar-refractivity contribution in [3.05, 3.63) is 23.3 Å². The Morgan fingerprint density at radius 1 is 1.12 bits per heavy atom. The number of hydrogen-bond donors (Lipinski definition) is 2. The normalized spacial score (nSPS) is 14.7. The maximum absolute atomic E-state index is 10.5. The summed E-state index contributed by atoms with van der Waals surface area (Å²) in [6.07, 6.45) is 4.73. The average Bonchev–Trinajstić information content (AvgIpc) is 2.16. The second-order valence-electron chi connectivity index (χ2n) is 3.90. The summed E-state index contributed by atoms with van der Waals surface area (Å²) in [6.45, 7) is 5.01. The maximum atomic E-state index is 10.5. The molecule has 1 atom stereocenters. The zero-order valence-electron chi connectivity index (χ0n) is 9.86. The van der Waals surface area contributed by atoms with Gasteiger partial charge in [0.05, 0.1) is 0 Å². The zero-order chi connectivity index (χ0) is 12.7. The van der Waals surface area contributed by atoms with E-state index in [2.05, 4.69) is 0 Å². The average molecular weight is 226 g/mol. The van der Waals surface area contributed by atoms with Crippen molar-refractivity contribution in [2.45, 2.75) is 33.6 Å². The number of carboxylic acids is 2. The summed E-state index contributed by atoms with van der Waals surface area (Å²) < 4.78 is 0. The van der Waals surface area contributed by atoms with Crippen molar-refractivity contribution in [3.63, 3.8) is 0 Å². The molecule has 0 aromatic rings. The molecule has 2 N–H and O–H groups in total. The van der Waals surface area contributed by atoms with Gasteiger partial charge in [0.25, 0.3) is 0 Å². The largest absolute Gasteiger partial charge is 0.478 e. The Balaban J connectivity index is 4.14. The SMILES string of the molecule is C/C(=C\CCC(C)/C=C(\C)C(=O)O)C(=O)O. The molecule has 16 heavy (non-hydrogen) atoms. The fraction of sp³-hybridized carbons (Fsp3) is 0.500. The lowest BCUT2D eigenvalue weighted by molar-refractivity contribution is -0.133. The first-order valence-corrected chi connectivity index (χ1v) is 5.16. The van der Waals surface area contributed by atoms with E-state index < -0.39 is 11.9 Å². The van der Waals surface area contributed by atoms with Gasteiger partial charge in [-0.2, -0.15) is 0 Å². The van der Waals surface area contributed by atoms with Crippen LogP contribution in [0.15, 0.2) is 23.3 Å². The van der Waals surface area contributed by atoms with Crippen LogP contribution in [0.25, 0.3) is 0 Å². The molecule has 0 aliphatic carbocycles. The van der Waals surface area contributed by atoms with Gasteiger partial charge in [-0.1, -0.05) is 19.1 Å². The summed E-state index contributed by atoms with van der Waals surface area (Å²) in [5.74, 6) is -1.69. The Bertz CT molecular complexity index is 326. The van der Waals surface area contributed by atoms with Gasteiger partial charge in [-0.3, -0.25) is 0 Å². The van der Waals surface area contributed by atoms with Gasteiger partial charge in [0, 0.05) is 11.1 Å². The highest BCUT2D eigenvalue weighted by Gasteiger charge is 2.04. The van der Waals surface area contributed by atoms with Crippen LogP contribution in [-0.4, -0.2) is 22.2 Å². The third kappa shape index (κ3) is 6.01. The van der Waals surface area contributed by atoms with Gasteiger partial charge in [0.15, 0.2) is 0 Å². The van der Waals surface area contributed by atoms with Gasteiger partial charge in [-0.05, 0) is 32.6 Å². The molecule has 0 amide bonds. The fourth-order valence-corrected chi connectivity index (χ4v) is 1.23. The second-order valence-corrected chi connectivity index (χ2v) is 3.90. The Hall–Kier alpha value is -1.58. The monoisotopic (exact) mass is 226 g/mol. The molecule has 0 fully saturated rings. The molecule has 0 saturated carbocycles. The Labute approximate surface area is 95.3 Å². The molecule has 0 aromatic carbocycles. The number of aliphatic carboxylic acids is 2. The van der Waals surface area contributed by atoms with Gasteiger partial charge in [0.2, 0.25) is 0 Å². The predicted octanol–water partition coefficient (Wildman–Crippen LogP) is 2.46. The predicted molar refractivity (Wildman–Crippen MR) is 61.2 cm³/mol. The van der Waals surface area contributed by atoms with E-state index in [0.717, 1.165) is 6.42 Å². The second kappa shape index (κ2) is 6.82. The lowest BCUT2D eigenvalue weighted by Crippen LogP contribution is -2.00. The van der Waals surface area contributed by atoms with Crippen molar-refractivity contribution >= 4 is 11.9 Å². The Kier molecular flexibility index (Phi) is 6.15. The molecular weight excluding hydrogens is 208 g/mol. The standard InChI is InChI=1S/C12H18O4/c1-8(7-10(3)12(15)16)5-4-6-9(2)11(13)14/h6-8H,4-5H2,1-3H3,(H,13,14)(H,15,16)/b9-6+,10-7+. The summed E-state index contributed by atoms with van der Waals surface area (Å²) in [7, 11) is 0. The lowest BCUT2D eigenvalue weighted by Gasteiger charge is -2.04. The van der Waals surface area contributed by atoms with Gasteiger partial charge >= 0.3 is 11.9 Å². The van der Waals surface area contributed by atoms with E-state index in [0.29, 0.717) is 17.6 Å². The summed E-state index contributed by atoms with van der Waals surface area (Å²) in [4.78, 5) is 21.0.